The molecule has 0 radical (unpaired) electrons. The lowest BCUT2D eigenvalue weighted by atomic mass is 9.97. The second kappa shape index (κ2) is 10.8. The van der Waals surface area contributed by atoms with Crippen LogP contribution in [0.2, 0.25) is 0 Å². The number of aryl methyl sites for hydroxylation is 1. The minimum absolute atomic E-state index is 0.0762. The van der Waals surface area contributed by atoms with Gasteiger partial charge in [-0.25, -0.2) is 13.8 Å². The fraction of sp³-hybridized carbons (Fsp3) is 0.417. The minimum Gasteiger partial charge on any atom is -0.478 e. The number of carbonyl (C=O) groups excluding carboxylic acids is 1. The number of ether oxygens (including phenoxy) is 2. The molecule has 4 heterocycles. The van der Waals surface area contributed by atoms with E-state index in [2.05, 4.69) is 20.2 Å². The summed E-state index contributed by atoms with van der Waals surface area (Å²) in [6.45, 7) is 7.23. The van der Waals surface area contributed by atoms with Crippen molar-refractivity contribution in [1.29, 1.82) is 0 Å². The van der Waals surface area contributed by atoms with Crippen LogP contribution in [0.3, 0.4) is 0 Å². The summed E-state index contributed by atoms with van der Waals surface area (Å²) in [5, 5.41) is 2.75. The van der Waals surface area contributed by atoms with Crippen molar-refractivity contribution in [2.75, 3.05) is 38.2 Å². The number of aliphatic imine (C=N–C) groups is 1. The molecule has 0 bridgehead atoms. The van der Waals surface area contributed by atoms with Crippen molar-refractivity contribution in [3.8, 4) is 0 Å². The Kier molecular flexibility index (Phi) is 7.59. The molecule has 34 heavy (non-hydrogen) atoms. The average Bonchev–Trinajstić information content (AvgIpc) is 2.86. The second-order valence-electron chi connectivity index (χ2n) is 7.98. The number of morpholine rings is 1. The van der Waals surface area contributed by atoms with E-state index in [4.69, 9.17) is 14.5 Å². The van der Waals surface area contributed by atoms with E-state index in [1.807, 2.05) is 26.0 Å². The van der Waals surface area contributed by atoms with Gasteiger partial charge in [-0.2, -0.15) is 0 Å². The number of hydrogen-bond acceptors (Lipinski definition) is 7. The fourth-order valence-corrected chi connectivity index (χ4v) is 3.97. The molecule has 2 aromatic rings. The van der Waals surface area contributed by atoms with Crippen LogP contribution in [0.4, 0.5) is 14.5 Å². The van der Waals surface area contributed by atoms with E-state index >= 15 is 0 Å². The van der Waals surface area contributed by atoms with E-state index in [0.717, 1.165) is 36.0 Å². The highest BCUT2D eigenvalue weighted by Gasteiger charge is 2.27. The summed E-state index contributed by atoms with van der Waals surface area (Å²) >= 11 is 0. The predicted molar refractivity (Wildman–Crippen MR) is 124 cm³/mol. The highest BCUT2D eigenvalue weighted by molar-refractivity contribution is 6.04. The standard InChI is InChI=1S/C24H27F2N5O3/c1-3-34-22-12-17(11-21(30-22)31-6-8-33-9-7-31)19-13-18(14-28-15(19)2)29-24(32)16-4-5-27-20(10-16)23(25)26/h4-5,10,12-14,21,23H,3,6-9,11H2,1-2H3,(H,29,32). The summed E-state index contributed by atoms with van der Waals surface area (Å²) in [5.74, 6) is 0.0479. The first-order valence-corrected chi connectivity index (χ1v) is 11.2. The van der Waals surface area contributed by atoms with Crippen LogP contribution in [0, 0.1) is 6.92 Å². The second-order valence-corrected chi connectivity index (χ2v) is 7.98. The Bertz CT molecular complexity index is 1100. The molecule has 1 saturated heterocycles. The van der Waals surface area contributed by atoms with Gasteiger partial charge in [0, 0.05) is 48.6 Å². The molecule has 1 atom stereocenters. The number of dihydropyridines is 1. The number of rotatable bonds is 6. The number of halogens is 2. The topological polar surface area (TPSA) is 88.9 Å². The number of amides is 1. The number of hydrogen-bond donors (Lipinski definition) is 1. The molecule has 1 amide bonds. The van der Waals surface area contributed by atoms with Gasteiger partial charge in [-0.1, -0.05) is 0 Å². The zero-order valence-corrected chi connectivity index (χ0v) is 19.1. The normalized spacial score (nSPS) is 18.9. The molecule has 1 N–H and O–H groups in total. The minimum atomic E-state index is -2.75. The number of pyridine rings is 2. The van der Waals surface area contributed by atoms with Gasteiger partial charge in [0.05, 0.1) is 31.7 Å². The van der Waals surface area contributed by atoms with E-state index < -0.39 is 18.0 Å². The zero-order valence-electron chi connectivity index (χ0n) is 19.1. The quantitative estimate of drug-likeness (QED) is 0.689. The van der Waals surface area contributed by atoms with Crippen molar-refractivity contribution in [2.45, 2.75) is 32.9 Å². The molecule has 1 unspecified atom stereocenters. The Balaban J connectivity index is 1.57. The molecule has 180 valence electrons. The van der Waals surface area contributed by atoms with Crippen molar-refractivity contribution in [2.24, 2.45) is 4.99 Å². The van der Waals surface area contributed by atoms with Gasteiger partial charge < -0.3 is 14.8 Å². The Morgan fingerprint density at radius 2 is 2.09 bits per heavy atom. The highest BCUT2D eigenvalue weighted by Crippen LogP contribution is 2.30. The Labute approximate surface area is 196 Å². The van der Waals surface area contributed by atoms with Crippen molar-refractivity contribution in [3.63, 3.8) is 0 Å². The Morgan fingerprint density at radius 3 is 2.82 bits per heavy atom. The first kappa shape index (κ1) is 23.9. The van der Waals surface area contributed by atoms with Gasteiger partial charge in [-0.3, -0.25) is 19.7 Å². The van der Waals surface area contributed by atoms with Gasteiger partial charge in [-0.15, -0.1) is 0 Å². The van der Waals surface area contributed by atoms with Gasteiger partial charge in [0.1, 0.15) is 11.9 Å². The van der Waals surface area contributed by atoms with Gasteiger partial charge in [0.15, 0.2) is 0 Å². The van der Waals surface area contributed by atoms with Crippen LogP contribution < -0.4 is 5.32 Å². The van der Waals surface area contributed by atoms with Crippen LogP contribution in [-0.4, -0.2) is 65.7 Å². The lowest BCUT2D eigenvalue weighted by molar-refractivity contribution is 0.0186. The van der Waals surface area contributed by atoms with Crippen LogP contribution in [0.1, 0.15) is 47.1 Å². The maximum absolute atomic E-state index is 13.0. The maximum atomic E-state index is 13.0. The molecule has 0 aromatic carbocycles. The summed E-state index contributed by atoms with van der Waals surface area (Å²) in [7, 11) is 0. The van der Waals surface area contributed by atoms with E-state index in [1.54, 1.807) is 6.20 Å². The van der Waals surface area contributed by atoms with Crippen LogP contribution in [-0.2, 0) is 9.47 Å². The first-order valence-electron chi connectivity index (χ1n) is 11.2. The van der Waals surface area contributed by atoms with Crippen LogP contribution >= 0.6 is 0 Å². The van der Waals surface area contributed by atoms with Crippen molar-refractivity contribution in [3.05, 3.63) is 59.2 Å². The summed E-state index contributed by atoms with van der Waals surface area (Å²) < 4.78 is 37.1. The third-order valence-electron chi connectivity index (χ3n) is 5.69. The number of anilines is 1. The van der Waals surface area contributed by atoms with Crippen molar-refractivity contribution >= 4 is 23.1 Å². The molecule has 8 nitrogen and oxygen atoms in total. The summed E-state index contributed by atoms with van der Waals surface area (Å²) in [4.78, 5) is 27.8. The third-order valence-corrected chi connectivity index (χ3v) is 5.69. The van der Waals surface area contributed by atoms with Gasteiger partial charge in [0.25, 0.3) is 12.3 Å². The van der Waals surface area contributed by atoms with Crippen molar-refractivity contribution in [1.82, 2.24) is 14.9 Å². The molecular weight excluding hydrogens is 444 g/mol. The predicted octanol–water partition coefficient (Wildman–Crippen LogP) is 3.86. The number of carbonyl (C=O) groups is 1. The Morgan fingerprint density at radius 1 is 1.29 bits per heavy atom. The van der Waals surface area contributed by atoms with Crippen molar-refractivity contribution < 1.29 is 23.0 Å². The van der Waals surface area contributed by atoms with Gasteiger partial charge >= 0.3 is 0 Å². The molecule has 2 aliphatic rings. The SMILES string of the molecule is CCOC1=NC(N2CCOCC2)CC(c2cc(NC(=O)c3ccnc(C(F)F)c3)cnc2C)=C1. The molecule has 0 spiro atoms. The number of alkyl halides is 2. The third kappa shape index (κ3) is 5.63. The number of nitrogens with zero attached hydrogens (tertiary/aromatic N) is 4. The van der Waals surface area contributed by atoms with Crippen LogP contribution in [0.25, 0.3) is 5.57 Å². The van der Waals surface area contributed by atoms with E-state index in [9.17, 15) is 13.6 Å². The van der Waals surface area contributed by atoms with E-state index in [0.29, 0.717) is 37.8 Å². The monoisotopic (exact) mass is 471 g/mol. The van der Waals surface area contributed by atoms with Crippen LogP contribution in [0.15, 0.2) is 41.7 Å². The average molecular weight is 472 g/mol. The summed E-state index contributed by atoms with van der Waals surface area (Å²) in [6.07, 6.45) is 2.49. The summed E-state index contributed by atoms with van der Waals surface area (Å²) in [5.41, 5.74) is 2.78. The molecule has 4 rings (SSSR count). The molecule has 2 aliphatic heterocycles. The van der Waals surface area contributed by atoms with Gasteiger partial charge in [-0.05, 0) is 37.6 Å². The fourth-order valence-electron chi connectivity index (χ4n) is 3.97. The molecule has 0 saturated carbocycles. The molecule has 0 aliphatic carbocycles. The molecule has 1 fully saturated rings. The smallest absolute Gasteiger partial charge is 0.280 e. The molecule has 2 aromatic heterocycles. The lowest BCUT2D eigenvalue weighted by Gasteiger charge is -2.34. The molecule has 10 heteroatoms. The molecular formula is C24H27F2N5O3. The lowest BCUT2D eigenvalue weighted by Crippen LogP contribution is -2.44. The van der Waals surface area contributed by atoms with E-state index in [-0.39, 0.29) is 11.7 Å². The largest absolute Gasteiger partial charge is 0.478 e. The zero-order chi connectivity index (χ0) is 24.1. The first-order chi connectivity index (χ1) is 16.4. The maximum Gasteiger partial charge on any atom is 0.280 e. The number of nitrogens with one attached hydrogen (secondary N) is 1. The Hall–Kier alpha value is -3.24. The summed E-state index contributed by atoms with van der Waals surface area (Å²) in [6, 6.07) is 4.32. The van der Waals surface area contributed by atoms with Crippen LogP contribution in [0.5, 0.6) is 0 Å². The van der Waals surface area contributed by atoms with Gasteiger partial charge in [0.2, 0.25) is 5.90 Å². The number of aromatic nitrogens is 2. The highest BCUT2D eigenvalue weighted by atomic mass is 19.3. The van der Waals surface area contributed by atoms with E-state index in [1.165, 1.54) is 12.3 Å².